The number of carbonyl (C=O) groups is 1. The van der Waals surface area contributed by atoms with Crippen molar-refractivity contribution in [3.63, 3.8) is 0 Å². The monoisotopic (exact) mass is 326 g/mol. The smallest absolute Gasteiger partial charge is 0.358 e. The van der Waals surface area contributed by atoms with Gasteiger partial charge >= 0.3 is 5.97 Å². The summed E-state index contributed by atoms with van der Waals surface area (Å²) < 4.78 is 10.8. The number of ether oxygens (including phenoxy) is 2. The van der Waals surface area contributed by atoms with Crippen LogP contribution in [-0.4, -0.2) is 37.8 Å². The molecule has 2 heterocycles. The quantitative estimate of drug-likeness (QED) is 0.812. The number of morpholine rings is 1. The van der Waals surface area contributed by atoms with Crippen molar-refractivity contribution in [3.05, 3.63) is 58.9 Å². The Morgan fingerprint density at radius 2 is 2.17 bits per heavy atom. The van der Waals surface area contributed by atoms with Crippen LogP contribution in [0.3, 0.4) is 0 Å². The molecule has 2 aromatic rings. The van der Waals surface area contributed by atoms with Gasteiger partial charge in [0.05, 0.1) is 19.4 Å². The second-order valence-corrected chi connectivity index (χ2v) is 6.03. The Bertz CT molecular complexity index is 745. The fourth-order valence-corrected chi connectivity index (χ4v) is 3.15. The lowest BCUT2D eigenvalue weighted by Gasteiger charge is -2.35. The topological polar surface area (TPSA) is 51.7 Å². The molecule has 0 amide bonds. The standard InChI is InChI=1S/C19H22N2O3/c1-13-6-7-15(14(2)11-13)17-12-21(9-10-24-17)16-5-4-8-20-18(16)19(22)23-3/h4-8,11,17H,9-10,12H2,1-3H3/t17-/m1/s1. The summed E-state index contributed by atoms with van der Waals surface area (Å²) in [4.78, 5) is 18.3. The van der Waals surface area contributed by atoms with E-state index in [-0.39, 0.29) is 6.10 Å². The predicted molar refractivity (Wildman–Crippen MR) is 92.4 cm³/mol. The lowest BCUT2D eigenvalue weighted by molar-refractivity contribution is 0.0390. The van der Waals surface area contributed by atoms with Gasteiger partial charge in [-0.25, -0.2) is 9.78 Å². The van der Waals surface area contributed by atoms with E-state index in [2.05, 4.69) is 41.9 Å². The minimum Gasteiger partial charge on any atom is -0.464 e. The molecule has 1 aliphatic rings. The Morgan fingerprint density at radius 1 is 1.33 bits per heavy atom. The van der Waals surface area contributed by atoms with Crippen molar-refractivity contribution in [3.8, 4) is 0 Å². The van der Waals surface area contributed by atoms with Crippen molar-refractivity contribution < 1.29 is 14.3 Å². The van der Waals surface area contributed by atoms with Crippen molar-refractivity contribution in [1.82, 2.24) is 4.98 Å². The van der Waals surface area contributed by atoms with Crippen LogP contribution in [0.25, 0.3) is 0 Å². The molecule has 1 saturated heterocycles. The third kappa shape index (κ3) is 3.26. The highest BCUT2D eigenvalue weighted by molar-refractivity contribution is 5.93. The average Bonchev–Trinajstić information content (AvgIpc) is 2.61. The molecule has 1 fully saturated rings. The molecule has 0 unspecified atom stereocenters. The number of aryl methyl sites for hydroxylation is 2. The van der Waals surface area contributed by atoms with Crippen LogP contribution in [0.15, 0.2) is 36.5 Å². The van der Waals surface area contributed by atoms with Gasteiger partial charge in [-0.2, -0.15) is 0 Å². The first-order valence-corrected chi connectivity index (χ1v) is 8.07. The Balaban J connectivity index is 1.88. The fraction of sp³-hybridized carbons (Fsp3) is 0.368. The van der Waals surface area contributed by atoms with Gasteiger partial charge in [0, 0.05) is 19.3 Å². The molecule has 0 radical (unpaired) electrons. The van der Waals surface area contributed by atoms with Crippen LogP contribution in [-0.2, 0) is 9.47 Å². The summed E-state index contributed by atoms with van der Waals surface area (Å²) in [6, 6.07) is 10.1. The summed E-state index contributed by atoms with van der Waals surface area (Å²) in [5, 5.41) is 0. The maximum Gasteiger partial charge on any atom is 0.358 e. The van der Waals surface area contributed by atoms with Crippen molar-refractivity contribution in [2.75, 3.05) is 31.7 Å². The SMILES string of the molecule is COC(=O)c1ncccc1N1CCO[C@@H](c2ccc(C)cc2C)C1. The normalized spacial score (nSPS) is 17.6. The molecule has 1 aromatic carbocycles. The zero-order valence-corrected chi connectivity index (χ0v) is 14.3. The van der Waals surface area contributed by atoms with Gasteiger partial charge in [-0.1, -0.05) is 23.8 Å². The molecular formula is C19H22N2O3. The lowest BCUT2D eigenvalue weighted by atomic mass is 9.99. The highest BCUT2D eigenvalue weighted by Gasteiger charge is 2.26. The summed E-state index contributed by atoms with van der Waals surface area (Å²) >= 11 is 0. The minimum absolute atomic E-state index is 0.0231. The number of hydrogen-bond acceptors (Lipinski definition) is 5. The number of methoxy groups -OCH3 is 1. The van der Waals surface area contributed by atoms with E-state index < -0.39 is 5.97 Å². The second-order valence-electron chi connectivity index (χ2n) is 6.03. The maximum absolute atomic E-state index is 12.0. The van der Waals surface area contributed by atoms with Gasteiger partial charge in [0.15, 0.2) is 5.69 Å². The van der Waals surface area contributed by atoms with Crippen LogP contribution >= 0.6 is 0 Å². The molecule has 0 N–H and O–H groups in total. The number of anilines is 1. The second kappa shape index (κ2) is 7.01. The van der Waals surface area contributed by atoms with E-state index in [1.807, 2.05) is 12.1 Å². The Morgan fingerprint density at radius 3 is 2.92 bits per heavy atom. The summed E-state index contributed by atoms with van der Waals surface area (Å²) in [6.07, 6.45) is 1.59. The summed E-state index contributed by atoms with van der Waals surface area (Å²) in [6.45, 7) is 6.20. The maximum atomic E-state index is 12.0. The van der Waals surface area contributed by atoms with Crippen LogP contribution in [0.5, 0.6) is 0 Å². The predicted octanol–water partition coefficient (Wildman–Crippen LogP) is 3.06. The van der Waals surface area contributed by atoms with Gasteiger partial charge in [-0.3, -0.25) is 0 Å². The Labute approximate surface area is 142 Å². The number of nitrogens with zero attached hydrogens (tertiary/aromatic N) is 2. The third-order valence-electron chi connectivity index (χ3n) is 4.34. The Hall–Kier alpha value is -2.40. The van der Waals surface area contributed by atoms with E-state index in [4.69, 9.17) is 9.47 Å². The van der Waals surface area contributed by atoms with Crippen LogP contribution in [0, 0.1) is 13.8 Å². The zero-order valence-electron chi connectivity index (χ0n) is 14.3. The number of rotatable bonds is 3. The first-order chi connectivity index (χ1) is 11.6. The van der Waals surface area contributed by atoms with Gasteiger partial charge in [0.25, 0.3) is 0 Å². The number of carbonyl (C=O) groups excluding carboxylic acids is 1. The van der Waals surface area contributed by atoms with Gasteiger partial charge < -0.3 is 14.4 Å². The lowest BCUT2D eigenvalue weighted by Crippen LogP contribution is -2.39. The molecule has 126 valence electrons. The highest BCUT2D eigenvalue weighted by Crippen LogP contribution is 2.29. The van der Waals surface area contributed by atoms with Crippen LogP contribution < -0.4 is 4.90 Å². The van der Waals surface area contributed by atoms with E-state index >= 15 is 0 Å². The first kappa shape index (κ1) is 16.5. The largest absolute Gasteiger partial charge is 0.464 e. The average molecular weight is 326 g/mol. The molecule has 1 atom stereocenters. The van der Waals surface area contributed by atoms with E-state index in [9.17, 15) is 4.79 Å². The first-order valence-electron chi connectivity index (χ1n) is 8.07. The molecule has 1 aromatic heterocycles. The minimum atomic E-state index is -0.417. The summed E-state index contributed by atoms with van der Waals surface area (Å²) in [7, 11) is 1.37. The molecule has 1 aliphatic heterocycles. The van der Waals surface area contributed by atoms with Gasteiger partial charge in [0.1, 0.15) is 6.10 Å². The molecule has 0 spiro atoms. The fourth-order valence-electron chi connectivity index (χ4n) is 3.15. The van der Waals surface area contributed by atoms with Crippen LogP contribution in [0.2, 0.25) is 0 Å². The van der Waals surface area contributed by atoms with Gasteiger partial charge in [-0.05, 0) is 37.1 Å². The molecular weight excluding hydrogens is 304 g/mol. The third-order valence-corrected chi connectivity index (χ3v) is 4.34. The van der Waals surface area contributed by atoms with Crippen LogP contribution in [0.1, 0.15) is 33.3 Å². The van der Waals surface area contributed by atoms with Crippen molar-refractivity contribution in [2.24, 2.45) is 0 Å². The van der Waals surface area contributed by atoms with E-state index in [1.54, 1.807) is 6.20 Å². The van der Waals surface area contributed by atoms with E-state index in [1.165, 1.54) is 23.8 Å². The molecule has 24 heavy (non-hydrogen) atoms. The number of esters is 1. The van der Waals surface area contributed by atoms with Crippen LogP contribution in [0.4, 0.5) is 5.69 Å². The number of pyridine rings is 1. The van der Waals surface area contributed by atoms with Gasteiger partial charge in [-0.15, -0.1) is 0 Å². The van der Waals surface area contributed by atoms with Crippen molar-refractivity contribution in [2.45, 2.75) is 20.0 Å². The highest BCUT2D eigenvalue weighted by atomic mass is 16.5. The number of benzene rings is 1. The number of hydrogen-bond donors (Lipinski definition) is 0. The number of aromatic nitrogens is 1. The summed E-state index contributed by atoms with van der Waals surface area (Å²) in [5.74, 6) is -0.417. The molecule has 0 saturated carbocycles. The molecule has 5 nitrogen and oxygen atoms in total. The van der Waals surface area contributed by atoms with E-state index in [0.717, 1.165) is 12.2 Å². The zero-order chi connectivity index (χ0) is 17.1. The molecule has 0 aliphatic carbocycles. The van der Waals surface area contributed by atoms with Crippen molar-refractivity contribution in [1.29, 1.82) is 0 Å². The molecule has 3 rings (SSSR count). The van der Waals surface area contributed by atoms with E-state index in [0.29, 0.717) is 18.8 Å². The molecule has 0 bridgehead atoms. The molecule has 5 heteroatoms. The van der Waals surface area contributed by atoms with Crippen molar-refractivity contribution >= 4 is 11.7 Å². The Kier molecular flexibility index (Phi) is 4.81. The van der Waals surface area contributed by atoms with Gasteiger partial charge in [0.2, 0.25) is 0 Å². The summed E-state index contributed by atoms with van der Waals surface area (Å²) in [5.41, 5.74) is 4.79.